The van der Waals surface area contributed by atoms with E-state index >= 15 is 0 Å². The molecule has 0 aromatic heterocycles. The second kappa shape index (κ2) is 4.68. The highest BCUT2D eigenvalue weighted by Gasteiger charge is 2.58. The minimum absolute atomic E-state index is 0.125. The van der Waals surface area contributed by atoms with Crippen LogP contribution < -0.4 is 0 Å². The number of esters is 1. The third kappa shape index (κ3) is 2.57. The number of rotatable bonds is 4. The SMILES string of the molecule is CC(C)(C(=O)OCC12CC3CC(CC(O)(C3)C1)C2)S(=O)(=O)O. The summed E-state index contributed by atoms with van der Waals surface area (Å²) in [6.07, 6.45) is 5.25. The van der Waals surface area contributed by atoms with Crippen LogP contribution in [0.5, 0.6) is 0 Å². The van der Waals surface area contributed by atoms with E-state index in [4.69, 9.17) is 9.29 Å². The lowest BCUT2D eigenvalue weighted by molar-refractivity contribution is -0.187. The molecule has 0 saturated heterocycles. The second-order valence-electron chi connectivity index (χ2n) is 8.25. The molecule has 0 aliphatic heterocycles. The molecule has 0 heterocycles. The van der Waals surface area contributed by atoms with Crippen molar-refractivity contribution >= 4 is 16.1 Å². The van der Waals surface area contributed by atoms with Gasteiger partial charge < -0.3 is 9.84 Å². The standard InChI is InChI=1S/C15H24O6S/c1-13(2,22(18,19)20)12(16)21-9-14-4-10-3-11(5-14)7-15(17,6-10)8-14/h10-11,17H,3-9H2,1-2H3,(H,18,19,20). The van der Waals surface area contributed by atoms with E-state index in [2.05, 4.69) is 0 Å². The van der Waals surface area contributed by atoms with E-state index in [1.807, 2.05) is 0 Å². The van der Waals surface area contributed by atoms with Crippen LogP contribution in [0.3, 0.4) is 0 Å². The lowest BCUT2D eigenvalue weighted by Crippen LogP contribution is -2.57. The minimum Gasteiger partial charge on any atom is -0.464 e. The van der Waals surface area contributed by atoms with Gasteiger partial charge in [0.2, 0.25) is 0 Å². The van der Waals surface area contributed by atoms with Gasteiger partial charge in [-0.25, -0.2) is 0 Å². The van der Waals surface area contributed by atoms with Crippen LogP contribution in [-0.2, 0) is 19.6 Å². The summed E-state index contributed by atoms with van der Waals surface area (Å²) in [5, 5.41) is 10.6. The van der Waals surface area contributed by atoms with Crippen molar-refractivity contribution in [1.82, 2.24) is 0 Å². The predicted molar refractivity (Wildman–Crippen MR) is 78.7 cm³/mol. The van der Waals surface area contributed by atoms with Crippen LogP contribution in [0, 0.1) is 17.3 Å². The smallest absolute Gasteiger partial charge is 0.329 e. The summed E-state index contributed by atoms with van der Waals surface area (Å²) in [6.45, 7) is 2.40. The molecule has 4 fully saturated rings. The fraction of sp³-hybridized carbons (Fsp3) is 0.933. The molecule has 4 aliphatic rings. The van der Waals surface area contributed by atoms with Crippen molar-refractivity contribution in [2.24, 2.45) is 17.3 Å². The molecule has 0 amide bonds. The Kier molecular flexibility index (Phi) is 3.44. The average molecular weight is 332 g/mol. The summed E-state index contributed by atoms with van der Waals surface area (Å²) in [4.78, 5) is 12.1. The van der Waals surface area contributed by atoms with Gasteiger partial charge in [0.25, 0.3) is 10.1 Å². The number of carbonyl (C=O) groups is 1. The van der Waals surface area contributed by atoms with Crippen LogP contribution in [0.2, 0.25) is 0 Å². The molecule has 4 bridgehead atoms. The monoisotopic (exact) mass is 332 g/mol. The highest BCUT2D eigenvalue weighted by molar-refractivity contribution is 7.88. The summed E-state index contributed by atoms with van der Waals surface area (Å²) >= 11 is 0. The maximum Gasteiger partial charge on any atom is 0.329 e. The Bertz CT molecular complexity index is 579. The van der Waals surface area contributed by atoms with Gasteiger partial charge >= 0.3 is 5.97 Å². The minimum atomic E-state index is -4.52. The van der Waals surface area contributed by atoms with Crippen LogP contribution in [0.1, 0.15) is 52.4 Å². The molecule has 0 aromatic rings. The summed E-state index contributed by atoms with van der Waals surface area (Å²) in [5.41, 5.74) is -0.876. The Morgan fingerprint density at radius 1 is 1.23 bits per heavy atom. The van der Waals surface area contributed by atoms with E-state index < -0.39 is 26.4 Å². The molecule has 4 aliphatic carbocycles. The topological polar surface area (TPSA) is 101 Å². The fourth-order valence-electron chi connectivity index (χ4n) is 5.07. The zero-order chi connectivity index (χ0) is 16.4. The highest BCUT2D eigenvalue weighted by Crippen LogP contribution is 2.61. The zero-order valence-corrected chi connectivity index (χ0v) is 13.9. The fourth-order valence-corrected chi connectivity index (χ4v) is 5.34. The van der Waals surface area contributed by atoms with E-state index in [0.717, 1.165) is 46.0 Å². The van der Waals surface area contributed by atoms with Crippen LogP contribution >= 0.6 is 0 Å². The van der Waals surface area contributed by atoms with E-state index in [1.165, 1.54) is 0 Å². The Morgan fingerprint density at radius 3 is 2.23 bits per heavy atom. The molecule has 7 heteroatoms. The van der Waals surface area contributed by atoms with Gasteiger partial charge in [0, 0.05) is 5.41 Å². The normalized spacial score (nSPS) is 40.7. The molecule has 4 rings (SSSR count). The first-order valence-electron chi connectivity index (χ1n) is 7.81. The summed E-state index contributed by atoms with van der Waals surface area (Å²) in [7, 11) is -4.52. The van der Waals surface area contributed by atoms with E-state index in [-0.39, 0.29) is 12.0 Å². The van der Waals surface area contributed by atoms with Crippen molar-refractivity contribution in [2.75, 3.05) is 6.61 Å². The lowest BCUT2D eigenvalue weighted by atomic mass is 9.48. The molecule has 0 aromatic carbocycles. The number of ether oxygens (including phenoxy) is 1. The van der Waals surface area contributed by atoms with Gasteiger partial charge in [-0.15, -0.1) is 0 Å². The van der Waals surface area contributed by atoms with Crippen molar-refractivity contribution < 1.29 is 27.6 Å². The first kappa shape index (κ1) is 16.2. The van der Waals surface area contributed by atoms with Gasteiger partial charge in [0.1, 0.15) is 0 Å². The average Bonchev–Trinajstić information content (AvgIpc) is 2.31. The maximum absolute atomic E-state index is 12.1. The van der Waals surface area contributed by atoms with Gasteiger partial charge in [0.15, 0.2) is 4.75 Å². The van der Waals surface area contributed by atoms with Crippen molar-refractivity contribution in [3.05, 3.63) is 0 Å². The molecular weight excluding hydrogens is 308 g/mol. The van der Waals surface area contributed by atoms with Crippen molar-refractivity contribution in [2.45, 2.75) is 62.7 Å². The molecule has 0 radical (unpaired) electrons. The summed E-state index contributed by atoms with van der Waals surface area (Å²) < 4.78 is 35.0. The summed E-state index contributed by atoms with van der Waals surface area (Å²) in [6, 6.07) is 0. The molecule has 22 heavy (non-hydrogen) atoms. The lowest BCUT2D eigenvalue weighted by Gasteiger charge is -2.59. The predicted octanol–water partition coefficient (Wildman–Crippen LogP) is 1.53. The maximum atomic E-state index is 12.1. The molecule has 2 atom stereocenters. The van der Waals surface area contributed by atoms with Gasteiger partial charge in [-0.2, -0.15) is 8.42 Å². The molecule has 2 N–H and O–H groups in total. The third-order valence-corrected chi connectivity index (χ3v) is 7.25. The first-order valence-corrected chi connectivity index (χ1v) is 9.25. The first-order chi connectivity index (χ1) is 9.95. The Labute approximate surface area is 131 Å². The number of carbonyl (C=O) groups excluding carboxylic acids is 1. The Hall–Kier alpha value is -0.660. The Balaban J connectivity index is 1.71. The molecule has 2 unspecified atom stereocenters. The van der Waals surface area contributed by atoms with Crippen LogP contribution in [0.25, 0.3) is 0 Å². The van der Waals surface area contributed by atoms with E-state index in [9.17, 15) is 18.3 Å². The highest BCUT2D eigenvalue weighted by atomic mass is 32.2. The molecule has 126 valence electrons. The third-order valence-electron chi connectivity index (χ3n) is 5.80. The van der Waals surface area contributed by atoms with Crippen molar-refractivity contribution in [1.29, 1.82) is 0 Å². The summed E-state index contributed by atoms with van der Waals surface area (Å²) in [5.74, 6) is 0.0109. The van der Waals surface area contributed by atoms with Crippen LogP contribution in [-0.4, -0.2) is 41.0 Å². The zero-order valence-electron chi connectivity index (χ0n) is 13.0. The van der Waals surface area contributed by atoms with Gasteiger partial charge in [-0.05, 0) is 64.2 Å². The second-order valence-corrected chi connectivity index (χ2v) is 10.2. The number of aliphatic hydroxyl groups is 1. The van der Waals surface area contributed by atoms with E-state index in [0.29, 0.717) is 18.3 Å². The Morgan fingerprint density at radius 2 is 1.77 bits per heavy atom. The number of hydrogen-bond donors (Lipinski definition) is 2. The van der Waals surface area contributed by atoms with Gasteiger partial charge in [0.05, 0.1) is 12.2 Å². The van der Waals surface area contributed by atoms with Crippen LogP contribution in [0.15, 0.2) is 0 Å². The van der Waals surface area contributed by atoms with Gasteiger partial charge in [-0.3, -0.25) is 9.35 Å². The van der Waals surface area contributed by atoms with Crippen molar-refractivity contribution in [3.8, 4) is 0 Å². The quantitative estimate of drug-likeness (QED) is 0.598. The largest absolute Gasteiger partial charge is 0.464 e. The van der Waals surface area contributed by atoms with Gasteiger partial charge in [-0.1, -0.05) is 0 Å². The molecule has 4 saturated carbocycles. The molecular formula is C15H24O6S. The molecule has 0 spiro atoms. The molecule has 6 nitrogen and oxygen atoms in total. The number of hydrogen-bond acceptors (Lipinski definition) is 5. The van der Waals surface area contributed by atoms with E-state index in [1.54, 1.807) is 0 Å². The van der Waals surface area contributed by atoms with Crippen molar-refractivity contribution in [3.63, 3.8) is 0 Å². The van der Waals surface area contributed by atoms with Crippen LogP contribution in [0.4, 0.5) is 0 Å².